The van der Waals surface area contributed by atoms with Gasteiger partial charge in [0.15, 0.2) is 0 Å². The van der Waals surface area contributed by atoms with Crippen LogP contribution in [0.4, 0.5) is 13.6 Å². The van der Waals surface area contributed by atoms with Gasteiger partial charge in [0.1, 0.15) is 11.7 Å². The summed E-state index contributed by atoms with van der Waals surface area (Å²) in [7, 11) is 0. The molecule has 1 N–H and O–H groups in total. The third kappa shape index (κ3) is 4.30. The van der Waals surface area contributed by atoms with Gasteiger partial charge in [0, 0.05) is 19.0 Å². The van der Waals surface area contributed by atoms with E-state index in [2.05, 4.69) is 0 Å². The van der Waals surface area contributed by atoms with Gasteiger partial charge < -0.3 is 14.7 Å². The van der Waals surface area contributed by atoms with Gasteiger partial charge in [-0.3, -0.25) is 0 Å². The number of aliphatic hydroxyl groups excluding tert-OH is 1. The highest BCUT2D eigenvalue weighted by Crippen LogP contribution is 2.36. The van der Waals surface area contributed by atoms with Crippen LogP contribution >= 0.6 is 0 Å². The lowest BCUT2D eigenvalue weighted by Crippen LogP contribution is -2.48. The van der Waals surface area contributed by atoms with Crippen molar-refractivity contribution in [1.29, 1.82) is 0 Å². The first-order valence-electron chi connectivity index (χ1n) is 6.58. The number of rotatable bonds is 2. The normalized spacial score (nSPS) is 20.3. The average Bonchev–Trinajstić information content (AvgIpc) is 2.26. The van der Waals surface area contributed by atoms with Gasteiger partial charge >= 0.3 is 6.09 Å². The summed E-state index contributed by atoms with van der Waals surface area (Å²) in [5, 5.41) is 9.11. The summed E-state index contributed by atoms with van der Waals surface area (Å²) in [6, 6.07) is 0. The van der Waals surface area contributed by atoms with Crippen molar-refractivity contribution >= 4 is 6.09 Å². The highest BCUT2D eigenvalue weighted by Gasteiger charge is 2.45. The Hall–Kier alpha value is -0.910. The number of alkyl halides is 2. The Labute approximate surface area is 112 Å². The first-order valence-corrected chi connectivity index (χ1v) is 6.58. The maximum absolute atomic E-state index is 13.6. The molecule has 1 heterocycles. The molecule has 1 aliphatic rings. The Morgan fingerprint density at radius 3 is 2.16 bits per heavy atom. The zero-order chi connectivity index (χ0) is 14.8. The standard InChI is InChI=1S/C13H23F2NO3/c1-9(17)13(14,15)10-5-7-16(8-6-10)11(18)19-12(2,3)4/h9-10,17H,5-8H2,1-4H3. The molecular formula is C13H23F2NO3. The number of piperidine rings is 1. The van der Waals surface area contributed by atoms with Gasteiger partial charge in [-0.1, -0.05) is 0 Å². The minimum Gasteiger partial charge on any atom is -0.444 e. The number of aliphatic hydroxyl groups is 1. The van der Waals surface area contributed by atoms with E-state index < -0.39 is 29.6 Å². The van der Waals surface area contributed by atoms with Crippen LogP contribution in [0.15, 0.2) is 0 Å². The molecule has 0 saturated carbocycles. The van der Waals surface area contributed by atoms with E-state index in [9.17, 15) is 13.6 Å². The van der Waals surface area contributed by atoms with E-state index in [1.165, 1.54) is 4.90 Å². The van der Waals surface area contributed by atoms with Crippen LogP contribution in [0.3, 0.4) is 0 Å². The SMILES string of the molecule is CC(O)C(F)(F)C1CCN(C(=O)OC(C)(C)C)CC1. The van der Waals surface area contributed by atoms with Crippen molar-refractivity contribution < 1.29 is 23.4 Å². The summed E-state index contributed by atoms with van der Waals surface area (Å²) in [5.41, 5.74) is -0.586. The monoisotopic (exact) mass is 279 g/mol. The van der Waals surface area contributed by atoms with E-state index in [-0.39, 0.29) is 25.9 Å². The molecule has 1 unspecified atom stereocenters. The Bertz CT molecular complexity index is 318. The molecule has 0 radical (unpaired) electrons. The summed E-state index contributed by atoms with van der Waals surface area (Å²) in [4.78, 5) is 13.2. The van der Waals surface area contributed by atoms with Crippen LogP contribution in [0.2, 0.25) is 0 Å². The van der Waals surface area contributed by atoms with E-state index in [1.807, 2.05) is 0 Å². The average molecular weight is 279 g/mol. The second-order valence-electron chi connectivity index (χ2n) is 6.09. The number of likely N-dealkylation sites (tertiary alicyclic amines) is 1. The first kappa shape index (κ1) is 16.1. The van der Waals surface area contributed by atoms with Crippen LogP contribution in [0.1, 0.15) is 40.5 Å². The van der Waals surface area contributed by atoms with Crippen LogP contribution in [0.5, 0.6) is 0 Å². The zero-order valence-electron chi connectivity index (χ0n) is 11.9. The molecule has 0 aromatic heterocycles. The molecule has 4 nitrogen and oxygen atoms in total. The molecule has 1 aliphatic heterocycles. The molecule has 1 saturated heterocycles. The molecule has 0 spiro atoms. The maximum atomic E-state index is 13.6. The second-order valence-corrected chi connectivity index (χ2v) is 6.09. The van der Waals surface area contributed by atoms with Gasteiger partial charge in [-0.15, -0.1) is 0 Å². The van der Waals surface area contributed by atoms with Crippen LogP contribution < -0.4 is 0 Å². The minimum atomic E-state index is -3.10. The molecule has 0 aromatic rings. The number of hydrogen-bond donors (Lipinski definition) is 1. The highest BCUT2D eigenvalue weighted by molar-refractivity contribution is 5.68. The lowest BCUT2D eigenvalue weighted by Gasteiger charge is -2.37. The molecular weight excluding hydrogens is 256 g/mol. The van der Waals surface area contributed by atoms with Crippen LogP contribution in [0.25, 0.3) is 0 Å². The number of halogens is 2. The Kier molecular flexibility index (Phi) is 4.76. The van der Waals surface area contributed by atoms with E-state index in [0.717, 1.165) is 6.92 Å². The van der Waals surface area contributed by atoms with Crippen molar-refractivity contribution in [2.24, 2.45) is 5.92 Å². The molecule has 6 heteroatoms. The van der Waals surface area contributed by atoms with Gasteiger partial charge in [0.05, 0.1) is 0 Å². The van der Waals surface area contributed by atoms with Gasteiger partial charge in [0.2, 0.25) is 0 Å². The second kappa shape index (κ2) is 5.61. The van der Waals surface area contributed by atoms with Crippen molar-refractivity contribution in [2.45, 2.75) is 58.2 Å². The molecule has 0 aliphatic carbocycles. The van der Waals surface area contributed by atoms with Crippen LogP contribution in [-0.2, 0) is 4.74 Å². The van der Waals surface area contributed by atoms with Crippen molar-refractivity contribution in [2.75, 3.05) is 13.1 Å². The molecule has 1 fully saturated rings. The van der Waals surface area contributed by atoms with E-state index >= 15 is 0 Å². The summed E-state index contributed by atoms with van der Waals surface area (Å²) in [5.74, 6) is -3.98. The molecule has 0 aromatic carbocycles. The highest BCUT2D eigenvalue weighted by atomic mass is 19.3. The van der Waals surface area contributed by atoms with Gasteiger partial charge in [-0.2, -0.15) is 0 Å². The van der Waals surface area contributed by atoms with Crippen molar-refractivity contribution in [3.8, 4) is 0 Å². The Balaban J connectivity index is 2.52. The van der Waals surface area contributed by atoms with Crippen LogP contribution in [0, 0.1) is 5.92 Å². The lowest BCUT2D eigenvalue weighted by molar-refractivity contribution is -0.151. The predicted molar refractivity (Wildman–Crippen MR) is 67.2 cm³/mol. The summed E-state index contributed by atoms with van der Waals surface area (Å²) in [6.07, 6.45) is -1.77. The molecule has 19 heavy (non-hydrogen) atoms. The maximum Gasteiger partial charge on any atom is 0.410 e. The van der Waals surface area contributed by atoms with E-state index in [1.54, 1.807) is 20.8 Å². The lowest BCUT2D eigenvalue weighted by atomic mass is 9.88. The molecule has 112 valence electrons. The van der Waals surface area contributed by atoms with E-state index in [4.69, 9.17) is 9.84 Å². The third-order valence-electron chi connectivity index (χ3n) is 3.25. The van der Waals surface area contributed by atoms with Crippen LogP contribution in [-0.4, -0.2) is 46.8 Å². The van der Waals surface area contributed by atoms with Crippen molar-refractivity contribution in [1.82, 2.24) is 4.90 Å². The predicted octanol–water partition coefficient (Wildman–Crippen LogP) is 2.65. The molecule has 1 atom stereocenters. The minimum absolute atomic E-state index is 0.178. The summed E-state index contributed by atoms with van der Waals surface area (Å²) < 4.78 is 32.5. The summed E-state index contributed by atoms with van der Waals surface area (Å²) >= 11 is 0. The largest absolute Gasteiger partial charge is 0.444 e. The number of carbonyl (C=O) groups is 1. The molecule has 0 bridgehead atoms. The van der Waals surface area contributed by atoms with Gasteiger partial charge in [-0.25, -0.2) is 13.6 Å². The number of hydrogen-bond acceptors (Lipinski definition) is 3. The number of carbonyl (C=O) groups excluding carboxylic acids is 1. The smallest absolute Gasteiger partial charge is 0.410 e. The Morgan fingerprint density at radius 2 is 1.79 bits per heavy atom. The van der Waals surface area contributed by atoms with E-state index in [0.29, 0.717) is 0 Å². The summed E-state index contributed by atoms with van der Waals surface area (Å²) in [6.45, 7) is 6.86. The number of nitrogens with zero attached hydrogens (tertiary/aromatic N) is 1. The van der Waals surface area contributed by atoms with Gasteiger partial charge in [-0.05, 0) is 40.5 Å². The molecule has 1 amide bonds. The first-order chi connectivity index (χ1) is 8.54. The number of amides is 1. The molecule has 1 rings (SSSR count). The fourth-order valence-electron chi connectivity index (χ4n) is 2.11. The zero-order valence-corrected chi connectivity index (χ0v) is 11.9. The quantitative estimate of drug-likeness (QED) is 0.845. The van der Waals surface area contributed by atoms with Crippen molar-refractivity contribution in [3.63, 3.8) is 0 Å². The van der Waals surface area contributed by atoms with Crippen molar-refractivity contribution in [3.05, 3.63) is 0 Å². The fourth-order valence-corrected chi connectivity index (χ4v) is 2.11. The van der Waals surface area contributed by atoms with Gasteiger partial charge in [0.25, 0.3) is 5.92 Å². The fraction of sp³-hybridized carbons (Fsp3) is 0.923. The third-order valence-corrected chi connectivity index (χ3v) is 3.25. The number of ether oxygens (including phenoxy) is 1. The Morgan fingerprint density at radius 1 is 1.32 bits per heavy atom. The topological polar surface area (TPSA) is 49.8 Å².